The van der Waals surface area contributed by atoms with E-state index in [0.29, 0.717) is 30.6 Å². The van der Waals surface area contributed by atoms with Gasteiger partial charge in [-0.1, -0.05) is 77.5 Å². The number of carbonyl (C=O) groups is 8. The zero-order chi connectivity index (χ0) is 45.1. The molecule has 4 rings (SSSR count). The van der Waals surface area contributed by atoms with E-state index in [4.69, 9.17) is 5.73 Å². The van der Waals surface area contributed by atoms with Crippen LogP contribution >= 0.6 is 0 Å². The van der Waals surface area contributed by atoms with Gasteiger partial charge in [-0.25, -0.2) is 18.4 Å². The number of halogens is 2. The molecule has 1 aliphatic heterocycles. The van der Waals surface area contributed by atoms with E-state index in [1.54, 1.807) is 20.8 Å². The van der Waals surface area contributed by atoms with Gasteiger partial charge in [-0.15, -0.1) is 0 Å². The van der Waals surface area contributed by atoms with Crippen molar-refractivity contribution in [1.82, 2.24) is 26.2 Å². The predicted octanol–water partition coefficient (Wildman–Crippen LogP) is 3.38. The van der Waals surface area contributed by atoms with Crippen LogP contribution in [-0.2, 0) is 33.5 Å². The number of nitrogens with zero attached hydrogens (tertiary/aromatic N) is 1. The maximum absolute atomic E-state index is 15.4. The summed E-state index contributed by atoms with van der Waals surface area (Å²) in [6.07, 6.45) is 8.96. The van der Waals surface area contributed by atoms with Crippen LogP contribution < -0.4 is 27.0 Å². The Balaban J connectivity index is 1.60. The summed E-state index contributed by atoms with van der Waals surface area (Å²) in [4.78, 5) is 107. The summed E-state index contributed by atoms with van der Waals surface area (Å²) in [6, 6.07) is -1.60. The quantitative estimate of drug-likeness (QED) is 0.0986. The van der Waals surface area contributed by atoms with Gasteiger partial charge in [0.2, 0.25) is 29.5 Å². The highest BCUT2D eigenvalue weighted by molar-refractivity contribution is 6.06. The molecule has 1 aromatic rings. The maximum Gasteiger partial charge on any atom is 0.336 e. The molecule has 6 amide bonds. The minimum atomic E-state index is -3.52. The topological polar surface area (TPSA) is 243 Å². The Morgan fingerprint density at radius 3 is 1.97 bits per heavy atom. The molecule has 0 bridgehead atoms. The number of nitrogens with two attached hydrogens (primary N) is 1. The summed E-state index contributed by atoms with van der Waals surface area (Å²) >= 11 is 0. The standard InChI is InChI=1S/C43H60F2N6O10/c1-42(2,3)34(50-37(55)29(21-13-14-22-31(52)61-4)47-36(54)27-19-11-12-20-28(27)41(59)60)40(58)51-24-43(44,45)23-30(51)38(56)49-33(26-17-9-6-10-18-26)39(57)48-32(35(46)53)25-15-7-5-8-16-25/h11-12,14,19-20,22,25-26,29-30,32-34H,5-10,13,15-18,21,23-24H2,1-4H3,(H2,46,53)(H,47,54)(H,48,57)(H,49,56)(H,50,55)(H,59,60)/b22-14+/t29-,30-,32-,33-,34+/m0/s1. The van der Waals surface area contributed by atoms with Crippen molar-refractivity contribution in [2.75, 3.05) is 13.7 Å². The Morgan fingerprint density at radius 2 is 1.43 bits per heavy atom. The average Bonchev–Trinajstić information content (AvgIpc) is 3.56. The number of primary amides is 1. The van der Waals surface area contributed by atoms with Gasteiger partial charge >= 0.3 is 11.9 Å². The number of amides is 6. The Hall–Kier alpha value is -5.42. The first-order chi connectivity index (χ1) is 28.7. The fourth-order valence-corrected chi connectivity index (χ4v) is 8.47. The Labute approximate surface area is 354 Å². The lowest BCUT2D eigenvalue weighted by Gasteiger charge is -2.37. The molecule has 0 radical (unpaired) electrons. The third-order valence-corrected chi connectivity index (χ3v) is 11.8. The number of carboxylic acid groups (broad SMARTS) is 1. The molecule has 5 atom stereocenters. The number of nitrogens with one attached hydrogen (secondary N) is 4. The molecule has 16 nitrogen and oxygen atoms in total. The highest BCUT2D eigenvalue weighted by Gasteiger charge is 2.53. The molecule has 0 aromatic heterocycles. The first kappa shape index (κ1) is 48.2. The average molecular weight is 859 g/mol. The number of aromatic carboxylic acids is 1. The fraction of sp³-hybridized carbons (Fsp3) is 0.628. The van der Waals surface area contributed by atoms with Gasteiger partial charge in [0.1, 0.15) is 30.2 Å². The second-order valence-electron chi connectivity index (χ2n) is 17.4. The minimum absolute atomic E-state index is 0.0271. The zero-order valence-electron chi connectivity index (χ0n) is 35.3. The van der Waals surface area contributed by atoms with Gasteiger partial charge in [0.15, 0.2) is 0 Å². The van der Waals surface area contributed by atoms with Gasteiger partial charge < -0.3 is 41.7 Å². The van der Waals surface area contributed by atoms with Crippen LogP contribution in [0.5, 0.6) is 0 Å². The molecule has 336 valence electrons. The van der Waals surface area contributed by atoms with Crippen molar-refractivity contribution in [3.05, 3.63) is 47.5 Å². The molecule has 18 heteroatoms. The van der Waals surface area contributed by atoms with Gasteiger partial charge in [0, 0.05) is 12.5 Å². The van der Waals surface area contributed by atoms with E-state index in [-0.39, 0.29) is 35.8 Å². The van der Waals surface area contributed by atoms with E-state index >= 15 is 8.78 Å². The van der Waals surface area contributed by atoms with Crippen molar-refractivity contribution in [1.29, 1.82) is 0 Å². The molecule has 2 aliphatic carbocycles. The number of esters is 1. The summed E-state index contributed by atoms with van der Waals surface area (Å²) < 4.78 is 35.3. The number of likely N-dealkylation sites (tertiary alicyclic amines) is 1. The third kappa shape index (κ3) is 13.3. The monoisotopic (exact) mass is 858 g/mol. The first-order valence-corrected chi connectivity index (χ1v) is 21.0. The smallest absolute Gasteiger partial charge is 0.336 e. The van der Waals surface area contributed by atoms with Crippen LogP contribution in [-0.4, -0.2) is 107 Å². The predicted molar refractivity (Wildman–Crippen MR) is 218 cm³/mol. The van der Waals surface area contributed by atoms with Crippen LogP contribution in [0.15, 0.2) is 36.4 Å². The molecule has 2 saturated carbocycles. The molecule has 61 heavy (non-hydrogen) atoms. The summed E-state index contributed by atoms with van der Waals surface area (Å²) in [5.74, 6) is -11.4. The molecule has 1 aromatic carbocycles. The molecular weight excluding hydrogens is 799 g/mol. The molecule has 1 heterocycles. The van der Waals surface area contributed by atoms with E-state index in [2.05, 4.69) is 26.0 Å². The van der Waals surface area contributed by atoms with Gasteiger partial charge in [-0.3, -0.25) is 28.8 Å². The second-order valence-corrected chi connectivity index (χ2v) is 17.4. The van der Waals surface area contributed by atoms with Crippen molar-refractivity contribution in [3.63, 3.8) is 0 Å². The number of rotatable bonds is 17. The lowest BCUT2D eigenvalue weighted by molar-refractivity contribution is -0.145. The van der Waals surface area contributed by atoms with E-state index in [1.807, 2.05) is 0 Å². The number of carbonyl (C=O) groups excluding carboxylic acids is 7. The lowest BCUT2D eigenvalue weighted by Crippen LogP contribution is -2.62. The van der Waals surface area contributed by atoms with E-state index < -0.39 is 102 Å². The Kier molecular flexibility index (Phi) is 16.9. The summed E-state index contributed by atoms with van der Waals surface area (Å²) in [5, 5.41) is 20.2. The number of methoxy groups -OCH3 is 1. The van der Waals surface area contributed by atoms with Crippen LogP contribution in [0.1, 0.15) is 125 Å². The number of ether oxygens (including phenoxy) is 1. The Bertz CT molecular complexity index is 1820. The van der Waals surface area contributed by atoms with Crippen molar-refractivity contribution in [2.24, 2.45) is 23.0 Å². The number of allylic oxidation sites excluding steroid dienone is 1. The van der Waals surface area contributed by atoms with E-state index in [1.165, 1.54) is 37.5 Å². The number of carboxylic acids is 1. The normalized spacial score (nSPS) is 20.4. The zero-order valence-corrected chi connectivity index (χ0v) is 35.3. The van der Waals surface area contributed by atoms with E-state index in [0.717, 1.165) is 44.6 Å². The van der Waals surface area contributed by atoms with Gasteiger partial charge in [-0.2, -0.15) is 0 Å². The molecule has 1 saturated heterocycles. The van der Waals surface area contributed by atoms with Crippen molar-refractivity contribution >= 4 is 47.4 Å². The highest BCUT2D eigenvalue weighted by atomic mass is 19.3. The minimum Gasteiger partial charge on any atom is -0.478 e. The van der Waals surface area contributed by atoms with Crippen molar-refractivity contribution < 1.29 is 57.0 Å². The summed E-state index contributed by atoms with van der Waals surface area (Å²) in [5.41, 5.74) is 3.99. The van der Waals surface area contributed by atoms with Crippen LogP contribution in [0.3, 0.4) is 0 Å². The maximum atomic E-state index is 15.4. The summed E-state index contributed by atoms with van der Waals surface area (Å²) in [7, 11) is 1.17. The largest absolute Gasteiger partial charge is 0.478 e. The molecule has 0 spiro atoms. The number of alkyl halides is 2. The number of benzene rings is 1. The van der Waals surface area contributed by atoms with Crippen molar-refractivity contribution in [3.8, 4) is 0 Å². The molecular formula is C43H60F2N6O10. The van der Waals surface area contributed by atoms with Crippen LogP contribution in [0.2, 0.25) is 0 Å². The summed E-state index contributed by atoms with van der Waals surface area (Å²) in [6.45, 7) is 3.54. The molecule has 3 fully saturated rings. The Morgan fingerprint density at radius 1 is 0.852 bits per heavy atom. The van der Waals surface area contributed by atoms with Crippen molar-refractivity contribution in [2.45, 2.75) is 140 Å². The lowest BCUT2D eigenvalue weighted by atomic mass is 9.81. The van der Waals surface area contributed by atoms with Gasteiger partial charge in [-0.05, 0) is 67.9 Å². The molecule has 7 N–H and O–H groups in total. The fourth-order valence-electron chi connectivity index (χ4n) is 8.47. The van der Waals surface area contributed by atoms with Gasteiger partial charge in [0.05, 0.1) is 24.8 Å². The number of hydrogen-bond acceptors (Lipinski definition) is 9. The highest BCUT2D eigenvalue weighted by Crippen LogP contribution is 2.35. The van der Waals surface area contributed by atoms with Crippen LogP contribution in [0.4, 0.5) is 8.78 Å². The van der Waals surface area contributed by atoms with E-state index in [9.17, 15) is 43.5 Å². The SMILES string of the molecule is COC(=O)/C=C/CC[C@H](NC(=O)c1ccccc1C(=O)O)C(=O)N[C@H](C(=O)N1CC(F)(F)C[C@H]1C(=O)N[C@H](C(=O)N[C@H](C(N)=O)C1CCCCC1)C1CCCCC1)C(C)(C)C. The first-order valence-electron chi connectivity index (χ1n) is 21.0. The van der Waals surface area contributed by atoms with Crippen LogP contribution in [0, 0.1) is 17.3 Å². The second kappa shape index (κ2) is 21.4. The van der Waals surface area contributed by atoms with Crippen LogP contribution in [0.25, 0.3) is 0 Å². The van der Waals surface area contributed by atoms with Gasteiger partial charge in [0.25, 0.3) is 11.8 Å². The molecule has 0 unspecified atom stereocenters. The third-order valence-electron chi connectivity index (χ3n) is 11.8. The molecule has 3 aliphatic rings. The number of hydrogen-bond donors (Lipinski definition) is 6.